The molecule has 0 spiro atoms. The number of hydrogen-bond donors (Lipinski definition) is 8. The highest BCUT2D eigenvalue weighted by Gasteiger charge is 1.88. The van der Waals surface area contributed by atoms with E-state index in [9.17, 15) is 0 Å². The monoisotopic (exact) mass is 404 g/mol. The molecule has 0 aromatic carbocycles. The average Bonchev–Trinajstić information content (AvgIpc) is 2.28. The van der Waals surface area contributed by atoms with Crippen LogP contribution in [0.2, 0.25) is 0 Å². The van der Waals surface area contributed by atoms with E-state index in [1.165, 1.54) is 12.8 Å². The fourth-order valence-corrected chi connectivity index (χ4v) is 1.22. The quantitative estimate of drug-likeness (QED) is 0.142. The molecule has 14 heteroatoms. The van der Waals surface area contributed by atoms with Crippen LogP contribution in [0.1, 0.15) is 12.8 Å². The van der Waals surface area contributed by atoms with Crippen LogP contribution in [0.3, 0.4) is 0 Å². The molecule has 0 aliphatic heterocycles. The van der Waals surface area contributed by atoms with Crippen LogP contribution >= 0.6 is 25.3 Å². The van der Waals surface area contributed by atoms with Gasteiger partial charge in [0.05, 0.1) is 0 Å². The summed E-state index contributed by atoms with van der Waals surface area (Å²) >= 11 is 8.22. The van der Waals surface area contributed by atoms with E-state index in [0.717, 1.165) is 37.7 Å². The molecule has 0 bridgehead atoms. The average molecular weight is 405 g/mol. The van der Waals surface area contributed by atoms with E-state index in [1.54, 1.807) is 0 Å². The van der Waals surface area contributed by atoms with E-state index < -0.39 is 20.8 Å². The molecule has 0 saturated carbocycles. The molecule has 0 aliphatic carbocycles. The maximum atomic E-state index is 8.74. The topological polar surface area (TPSA) is 173 Å². The van der Waals surface area contributed by atoms with Crippen molar-refractivity contribution in [3.63, 3.8) is 0 Å². The Balaban J connectivity index is -0.000000298. The van der Waals surface area contributed by atoms with Crippen LogP contribution in [0.4, 0.5) is 0 Å². The minimum absolute atomic E-state index is 0.928. The molecule has 10 nitrogen and oxygen atoms in total. The lowest BCUT2D eigenvalue weighted by atomic mass is 10.3. The summed E-state index contributed by atoms with van der Waals surface area (Å²) in [6, 6.07) is 0. The van der Waals surface area contributed by atoms with Crippen LogP contribution in [0.25, 0.3) is 0 Å². The van der Waals surface area contributed by atoms with Crippen molar-refractivity contribution in [3.05, 3.63) is 0 Å². The number of unbranched alkanes of at least 4 members (excludes halogenated alkanes) is 1. The van der Waals surface area contributed by atoms with Crippen molar-refractivity contribution < 1.29 is 35.0 Å². The number of hydrogen-bond acceptors (Lipinski definition) is 8. The van der Waals surface area contributed by atoms with E-state index >= 15 is 0 Å². The Kier molecular flexibility index (Phi) is 21.9. The van der Waals surface area contributed by atoms with Gasteiger partial charge in [-0.25, -0.2) is 0 Å². The highest BCUT2D eigenvalue weighted by atomic mass is 32.3. The van der Waals surface area contributed by atoms with Gasteiger partial charge in [0.2, 0.25) is 0 Å². The lowest BCUT2D eigenvalue weighted by molar-refractivity contribution is 0.378. The van der Waals surface area contributed by atoms with Crippen molar-refractivity contribution >= 4 is 46.1 Å². The van der Waals surface area contributed by atoms with Crippen molar-refractivity contribution in [1.82, 2.24) is 10.6 Å². The lowest BCUT2D eigenvalue weighted by Gasteiger charge is -2.03. The molecule has 0 aromatic rings. The fourth-order valence-electron chi connectivity index (χ4n) is 0.908. The highest BCUT2D eigenvalue weighted by molar-refractivity contribution is 7.80. The van der Waals surface area contributed by atoms with Crippen molar-refractivity contribution in [2.45, 2.75) is 12.8 Å². The second-order valence-corrected chi connectivity index (χ2v) is 6.24. The first-order chi connectivity index (χ1) is 9.91. The van der Waals surface area contributed by atoms with Gasteiger partial charge in [0.15, 0.2) is 0 Å². The Bertz CT molecular complexity index is 358. The largest absolute Gasteiger partial charge is 0.394 e. The predicted octanol–water partition coefficient (Wildman–Crippen LogP) is -0.500. The van der Waals surface area contributed by atoms with Gasteiger partial charge in [-0.05, 0) is 25.9 Å². The molecule has 0 rings (SSSR count). The number of rotatable bonds is 9. The van der Waals surface area contributed by atoms with Gasteiger partial charge < -0.3 is 10.6 Å². The zero-order chi connectivity index (χ0) is 18.1. The van der Waals surface area contributed by atoms with Crippen LogP contribution in [-0.2, 0) is 20.8 Å². The van der Waals surface area contributed by atoms with Crippen LogP contribution in [0.5, 0.6) is 0 Å². The first-order valence-corrected chi connectivity index (χ1v) is 10.0. The molecule has 0 aliphatic rings. The van der Waals surface area contributed by atoms with E-state index in [0.29, 0.717) is 0 Å². The Morgan fingerprint density at radius 1 is 0.636 bits per heavy atom. The summed E-state index contributed by atoms with van der Waals surface area (Å²) in [7, 11) is -9.33. The molecule has 0 heterocycles. The van der Waals surface area contributed by atoms with Gasteiger partial charge in [0.25, 0.3) is 0 Å². The second kappa shape index (κ2) is 17.7. The third kappa shape index (κ3) is 87.1. The molecule has 22 heavy (non-hydrogen) atoms. The molecule has 0 radical (unpaired) electrons. The number of thiol groups is 2. The number of nitrogens with one attached hydrogen (secondary N) is 2. The minimum atomic E-state index is -4.67. The Hall–Kier alpha value is 0.360. The summed E-state index contributed by atoms with van der Waals surface area (Å²) in [5.41, 5.74) is 0. The van der Waals surface area contributed by atoms with E-state index in [-0.39, 0.29) is 0 Å². The van der Waals surface area contributed by atoms with Gasteiger partial charge in [-0.15, -0.1) is 0 Å². The summed E-state index contributed by atoms with van der Waals surface area (Å²) in [6.45, 7) is 4.27. The Morgan fingerprint density at radius 3 is 1.05 bits per heavy atom. The van der Waals surface area contributed by atoms with Gasteiger partial charge >= 0.3 is 20.8 Å². The third-order valence-corrected chi connectivity index (χ3v) is 1.98. The smallest absolute Gasteiger partial charge is 0.316 e. The Morgan fingerprint density at radius 2 is 0.864 bits per heavy atom. The predicted molar refractivity (Wildman–Crippen MR) is 91.0 cm³/mol. The molecule has 0 amide bonds. The van der Waals surface area contributed by atoms with E-state index in [2.05, 4.69) is 35.9 Å². The molecule has 0 saturated heterocycles. The fraction of sp³-hybridized carbons (Fsp3) is 1.00. The van der Waals surface area contributed by atoms with Crippen molar-refractivity contribution in [2.24, 2.45) is 0 Å². The van der Waals surface area contributed by atoms with Gasteiger partial charge in [0.1, 0.15) is 0 Å². The molecule has 0 aromatic heterocycles. The maximum absolute atomic E-state index is 8.74. The molecular formula is C8H24N2O8S4. The van der Waals surface area contributed by atoms with Crippen molar-refractivity contribution in [3.8, 4) is 0 Å². The zero-order valence-electron chi connectivity index (χ0n) is 11.8. The van der Waals surface area contributed by atoms with E-state index in [1.807, 2.05) is 0 Å². The highest BCUT2D eigenvalue weighted by Crippen LogP contribution is 1.84. The van der Waals surface area contributed by atoms with Crippen LogP contribution in [0.15, 0.2) is 0 Å². The molecule has 0 fully saturated rings. The SMILES string of the molecule is O=S(=O)(O)O.O=S(=O)(O)O.SCCNCCCCNCCS. The van der Waals surface area contributed by atoms with E-state index in [4.69, 9.17) is 35.0 Å². The van der Waals surface area contributed by atoms with Gasteiger partial charge in [-0.2, -0.15) is 42.1 Å². The summed E-state index contributed by atoms with van der Waals surface area (Å²) in [6.07, 6.45) is 2.49. The van der Waals surface area contributed by atoms with Crippen LogP contribution < -0.4 is 10.6 Å². The summed E-state index contributed by atoms with van der Waals surface area (Å²) in [5.74, 6) is 1.86. The molecule has 6 N–H and O–H groups in total. The summed E-state index contributed by atoms with van der Waals surface area (Å²) < 4.78 is 63.2. The first-order valence-electron chi connectivity index (χ1n) is 5.94. The zero-order valence-corrected chi connectivity index (χ0v) is 15.2. The summed E-state index contributed by atoms with van der Waals surface area (Å²) in [4.78, 5) is 0. The third-order valence-electron chi connectivity index (χ3n) is 1.53. The molecular weight excluding hydrogens is 380 g/mol. The van der Waals surface area contributed by atoms with Gasteiger partial charge in [-0.3, -0.25) is 18.2 Å². The molecule has 0 atom stereocenters. The van der Waals surface area contributed by atoms with Gasteiger partial charge in [0, 0.05) is 24.6 Å². The van der Waals surface area contributed by atoms with Crippen LogP contribution in [0, 0.1) is 0 Å². The van der Waals surface area contributed by atoms with Crippen molar-refractivity contribution in [2.75, 3.05) is 37.7 Å². The summed E-state index contributed by atoms with van der Waals surface area (Å²) in [5, 5.41) is 6.61. The maximum Gasteiger partial charge on any atom is 0.394 e. The molecule has 0 unspecified atom stereocenters. The second-order valence-electron chi connectivity index (χ2n) is 3.55. The van der Waals surface area contributed by atoms with Crippen molar-refractivity contribution in [1.29, 1.82) is 0 Å². The Labute approximate surface area is 142 Å². The van der Waals surface area contributed by atoms with Crippen LogP contribution in [-0.4, -0.2) is 72.7 Å². The standard InChI is InChI=1S/C8H20N2S2.2H2O4S/c11-7-5-9-3-1-2-4-10-6-8-12;2*1-5(2,3)4/h9-12H,1-8H2;2*(H2,1,2,3,4). The molecule has 138 valence electrons. The van der Waals surface area contributed by atoms with Gasteiger partial charge in [-0.1, -0.05) is 0 Å². The lowest BCUT2D eigenvalue weighted by Crippen LogP contribution is -2.21. The first kappa shape index (κ1) is 27.2. The normalized spacial score (nSPS) is 11.0. The minimum Gasteiger partial charge on any atom is -0.316 e.